The van der Waals surface area contributed by atoms with Crippen LogP contribution in [0.3, 0.4) is 0 Å². The summed E-state index contributed by atoms with van der Waals surface area (Å²) in [6, 6.07) is 10.7. The second kappa shape index (κ2) is 7.48. The summed E-state index contributed by atoms with van der Waals surface area (Å²) in [5.41, 5.74) is 1.24. The fraction of sp³-hybridized carbons (Fsp3) is 0.222. The third-order valence-corrected chi connectivity index (χ3v) is 4.83. The Balaban J connectivity index is 1.86. The second-order valence-corrected chi connectivity index (χ2v) is 6.75. The minimum Gasteiger partial charge on any atom is -0.325 e. The molecule has 2 heterocycles. The number of anilines is 1. The number of carbonyl (C=O) groups is 1. The summed E-state index contributed by atoms with van der Waals surface area (Å²) >= 11 is 1.28. The van der Waals surface area contributed by atoms with Crippen LogP contribution in [-0.4, -0.2) is 25.7 Å². The van der Waals surface area contributed by atoms with Gasteiger partial charge in [-0.1, -0.05) is 23.9 Å². The molecule has 1 atom stereocenters. The molecule has 128 valence electrons. The largest absolute Gasteiger partial charge is 0.325 e. The molecule has 0 aliphatic rings. The SMILES string of the molecule is CCn1c(SC(C)C(=O)Nc2ccncc2)nc2ccccc2c1=O. The molecule has 1 N–H and O–H groups in total. The number of thioether (sulfide) groups is 1. The molecule has 6 nitrogen and oxygen atoms in total. The monoisotopic (exact) mass is 354 g/mol. The Morgan fingerprint density at radius 1 is 1.24 bits per heavy atom. The van der Waals surface area contributed by atoms with Crippen molar-refractivity contribution in [2.45, 2.75) is 30.8 Å². The number of nitrogens with one attached hydrogen (secondary N) is 1. The number of fused-ring (bicyclic) bond motifs is 1. The third-order valence-electron chi connectivity index (χ3n) is 3.74. The Morgan fingerprint density at radius 3 is 2.68 bits per heavy atom. The van der Waals surface area contributed by atoms with Gasteiger partial charge in [0, 0.05) is 24.6 Å². The highest BCUT2D eigenvalue weighted by molar-refractivity contribution is 8.00. The van der Waals surface area contributed by atoms with Gasteiger partial charge >= 0.3 is 0 Å². The molecular formula is C18H18N4O2S. The van der Waals surface area contributed by atoms with E-state index in [9.17, 15) is 9.59 Å². The van der Waals surface area contributed by atoms with Crippen LogP contribution < -0.4 is 10.9 Å². The lowest BCUT2D eigenvalue weighted by Gasteiger charge is -2.15. The van der Waals surface area contributed by atoms with Gasteiger partial charge in [-0.05, 0) is 38.1 Å². The van der Waals surface area contributed by atoms with Gasteiger partial charge in [-0.3, -0.25) is 19.1 Å². The van der Waals surface area contributed by atoms with Crippen molar-refractivity contribution in [3.05, 3.63) is 59.1 Å². The molecule has 0 fully saturated rings. The molecule has 1 amide bonds. The van der Waals surface area contributed by atoms with Crippen molar-refractivity contribution in [1.82, 2.24) is 14.5 Å². The topological polar surface area (TPSA) is 76.9 Å². The number of hydrogen-bond donors (Lipinski definition) is 1. The normalized spacial score (nSPS) is 12.1. The minimum atomic E-state index is -0.404. The van der Waals surface area contributed by atoms with Crippen LogP contribution in [0, 0.1) is 0 Å². The van der Waals surface area contributed by atoms with Crippen molar-refractivity contribution in [2.24, 2.45) is 0 Å². The lowest BCUT2D eigenvalue weighted by atomic mass is 10.2. The van der Waals surface area contributed by atoms with Gasteiger partial charge in [-0.15, -0.1) is 0 Å². The summed E-state index contributed by atoms with van der Waals surface area (Å²) in [5.74, 6) is -0.152. The molecule has 0 aliphatic carbocycles. The van der Waals surface area contributed by atoms with Crippen LogP contribution in [0.2, 0.25) is 0 Å². The third kappa shape index (κ3) is 3.71. The molecule has 0 spiro atoms. The van der Waals surface area contributed by atoms with Crippen LogP contribution in [-0.2, 0) is 11.3 Å². The highest BCUT2D eigenvalue weighted by atomic mass is 32.2. The highest BCUT2D eigenvalue weighted by Gasteiger charge is 2.19. The Labute approximate surface area is 149 Å². The maximum atomic E-state index is 12.6. The molecule has 0 bridgehead atoms. The summed E-state index contributed by atoms with van der Waals surface area (Å²) in [7, 11) is 0. The van der Waals surface area contributed by atoms with Gasteiger partial charge in [0.25, 0.3) is 5.56 Å². The van der Waals surface area contributed by atoms with Crippen molar-refractivity contribution < 1.29 is 4.79 Å². The summed E-state index contributed by atoms with van der Waals surface area (Å²) in [6.07, 6.45) is 3.24. The molecule has 0 saturated carbocycles. The summed E-state index contributed by atoms with van der Waals surface area (Å²) in [5, 5.41) is 3.56. The number of benzene rings is 1. The zero-order chi connectivity index (χ0) is 17.8. The second-order valence-electron chi connectivity index (χ2n) is 5.45. The molecule has 0 saturated heterocycles. The van der Waals surface area contributed by atoms with E-state index in [2.05, 4.69) is 15.3 Å². The van der Waals surface area contributed by atoms with Crippen molar-refractivity contribution in [3.63, 3.8) is 0 Å². The van der Waals surface area contributed by atoms with Crippen molar-refractivity contribution >= 4 is 34.3 Å². The lowest BCUT2D eigenvalue weighted by molar-refractivity contribution is -0.115. The number of pyridine rings is 1. The predicted molar refractivity (Wildman–Crippen MR) is 99.9 cm³/mol. The zero-order valence-electron chi connectivity index (χ0n) is 14.0. The maximum absolute atomic E-state index is 12.6. The van der Waals surface area contributed by atoms with Gasteiger partial charge in [0.2, 0.25) is 5.91 Å². The van der Waals surface area contributed by atoms with E-state index in [1.165, 1.54) is 11.8 Å². The fourth-order valence-corrected chi connectivity index (χ4v) is 3.38. The summed E-state index contributed by atoms with van der Waals surface area (Å²) in [4.78, 5) is 33.5. The number of nitrogens with zero attached hydrogens (tertiary/aromatic N) is 3. The van der Waals surface area contributed by atoms with Gasteiger partial charge < -0.3 is 5.32 Å². The Bertz CT molecular complexity index is 956. The lowest BCUT2D eigenvalue weighted by Crippen LogP contribution is -2.26. The highest BCUT2D eigenvalue weighted by Crippen LogP contribution is 2.23. The molecule has 1 unspecified atom stereocenters. The van der Waals surface area contributed by atoms with E-state index in [1.807, 2.05) is 25.1 Å². The number of rotatable bonds is 5. The average molecular weight is 354 g/mol. The van der Waals surface area contributed by atoms with E-state index in [0.717, 1.165) is 0 Å². The number of hydrogen-bond acceptors (Lipinski definition) is 5. The molecule has 1 aromatic carbocycles. The van der Waals surface area contributed by atoms with Crippen LogP contribution >= 0.6 is 11.8 Å². The van der Waals surface area contributed by atoms with Crippen LogP contribution in [0.25, 0.3) is 10.9 Å². The maximum Gasteiger partial charge on any atom is 0.262 e. The molecule has 7 heteroatoms. The molecule has 0 radical (unpaired) electrons. The van der Waals surface area contributed by atoms with Crippen LogP contribution in [0.1, 0.15) is 13.8 Å². The Kier molecular flexibility index (Phi) is 5.14. The Hall–Kier alpha value is -2.67. The zero-order valence-corrected chi connectivity index (χ0v) is 14.8. The molecule has 25 heavy (non-hydrogen) atoms. The Morgan fingerprint density at radius 2 is 1.96 bits per heavy atom. The van der Waals surface area contributed by atoms with Gasteiger partial charge in [-0.25, -0.2) is 4.98 Å². The number of para-hydroxylation sites is 1. The van der Waals surface area contributed by atoms with Gasteiger partial charge in [0.15, 0.2) is 5.16 Å². The quantitative estimate of drug-likeness (QED) is 0.563. The van der Waals surface area contributed by atoms with Gasteiger partial charge in [0.1, 0.15) is 0 Å². The van der Waals surface area contributed by atoms with E-state index in [0.29, 0.717) is 28.3 Å². The van der Waals surface area contributed by atoms with Crippen LogP contribution in [0.5, 0.6) is 0 Å². The number of carbonyl (C=O) groups excluding carboxylic acids is 1. The first-order valence-electron chi connectivity index (χ1n) is 7.97. The standard InChI is InChI=1S/C18H18N4O2S/c1-3-22-17(24)14-6-4-5-7-15(14)21-18(22)25-12(2)16(23)20-13-8-10-19-11-9-13/h4-12H,3H2,1-2H3,(H,19,20,23). The van der Waals surface area contributed by atoms with Crippen molar-refractivity contribution in [1.29, 1.82) is 0 Å². The number of amides is 1. The van der Waals surface area contributed by atoms with Gasteiger partial charge in [-0.2, -0.15) is 0 Å². The molecule has 2 aromatic heterocycles. The fourth-order valence-electron chi connectivity index (χ4n) is 2.41. The summed E-state index contributed by atoms with van der Waals surface area (Å²) < 4.78 is 1.60. The van der Waals surface area contributed by atoms with E-state index in [1.54, 1.807) is 42.1 Å². The smallest absolute Gasteiger partial charge is 0.262 e. The van der Waals surface area contributed by atoms with E-state index in [4.69, 9.17) is 0 Å². The van der Waals surface area contributed by atoms with Crippen LogP contribution in [0.4, 0.5) is 5.69 Å². The molecular weight excluding hydrogens is 336 g/mol. The predicted octanol–water partition coefficient (Wildman–Crippen LogP) is 2.93. The van der Waals surface area contributed by atoms with Crippen LogP contribution in [0.15, 0.2) is 58.7 Å². The van der Waals surface area contributed by atoms with Crippen molar-refractivity contribution in [3.8, 4) is 0 Å². The summed E-state index contributed by atoms with van der Waals surface area (Å²) in [6.45, 7) is 4.18. The first-order valence-corrected chi connectivity index (χ1v) is 8.85. The van der Waals surface area contributed by atoms with E-state index in [-0.39, 0.29) is 11.5 Å². The number of aromatic nitrogens is 3. The van der Waals surface area contributed by atoms with Crippen molar-refractivity contribution in [2.75, 3.05) is 5.32 Å². The molecule has 3 rings (SSSR count). The van der Waals surface area contributed by atoms with E-state index >= 15 is 0 Å². The first kappa shape index (κ1) is 17.2. The van der Waals surface area contributed by atoms with E-state index < -0.39 is 5.25 Å². The first-order chi connectivity index (χ1) is 12.1. The molecule has 3 aromatic rings. The van der Waals surface area contributed by atoms with Gasteiger partial charge in [0.05, 0.1) is 16.2 Å². The molecule has 0 aliphatic heterocycles. The average Bonchev–Trinajstić information content (AvgIpc) is 2.63. The minimum absolute atomic E-state index is 0.0858.